The SMILES string of the molecule is CCOc1cc([C@@H]2NC(=O)NC(C)=C2C(=O)OC)ccc1OC[C@@H](O)N/N=C\c1ccc(OC(C)=O)c(OC)c1. The van der Waals surface area contributed by atoms with E-state index in [1.807, 2.05) is 0 Å². The molecular formula is C27H32N4O9. The maximum absolute atomic E-state index is 12.4. The predicted octanol–water partition coefficient (Wildman–Crippen LogP) is 2.14. The number of ether oxygens (including phenoxy) is 5. The first-order valence-electron chi connectivity index (χ1n) is 12.3. The summed E-state index contributed by atoms with van der Waals surface area (Å²) in [6.07, 6.45) is 0.277. The molecule has 2 aromatic carbocycles. The molecule has 0 bridgehead atoms. The third-order valence-electron chi connectivity index (χ3n) is 5.55. The molecule has 1 aliphatic rings. The van der Waals surface area contributed by atoms with Crippen molar-refractivity contribution in [1.82, 2.24) is 16.1 Å². The normalized spacial score (nSPS) is 15.6. The molecule has 2 atom stereocenters. The number of allylic oxidation sites excluding steroid dienone is 1. The Kier molecular flexibility index (Phi) is 10.3. The van der Waals surface area contributed by atoms with Crippen molar-refractivity contribution in [2.24, 2.45) is 5.10 Å². The number of nitrogens with one attached hydrogen (secondary N) is 3. The third kappa shape index (κ3) is 7.63. The van der Waals surface area contributed by atoms with Gasteiger partial charge in [-0.3, -0.25) is 10.2 Å². The van der Waals surface area contributed by atoms with Crippen LogP contribution in [0.15, 0.2) is 52.8 Å². The summed E-state index contributed by atoms with van der Waals surface area (Å²) in [5.74, 6) is 0.264. The molecule has 1 heterocycles. The Morgan fingerprint density at radius 1 is 1.10 bits per heavy atom. The second-order valence-electron chi connectivity index (χ2n) is 8.42. The second-order valence-corrected chi connectivity index (χ2v) is 8.42. The van der Waals surface area contributed by atoms with Crippen molar-refractivity contribution in [3.63, 3.8) is 0 Å². The summed E-state index contributed by atoms with van der Waals surface area (Å²) in [5, 5.41) is 19.6. The molecular weight excluding hydrogens is 524 g/mol. The summed E-state index contributed by atoms with van der Waals surface area (Å²) in [7, 11) is 2.71. The van der Waals surface area contributed by atoms with Crippen LogP contribution in [0.2, 0.25) is 0 Å². The summed E-state index contributed by atoms with van der Waals surface area (Å²) in [6, 6.07) is 8.57. The first-order chi connectivity index (χ1) is 19.2. The van der Waals surface area contributed by atoms with Gasteiger partial charge in [0.25, 0.3) is 0 Å². The van der Waals surface area contributed by atoms with Crippen molar-refractivity contribution in [2.75, 3.05) is 27.4 Å². The molecule has 0 radical (unpaired) electrons. The van der Waals surface area contributed by atoms with E-state index < -0.39 is 30.2 Å². The van der Waals surface area contributed by atoms with Crippen molar-refractivity contribution in [3.8, 4) is 23.0 Å². The van der Waals surface area contributed by atoms with Crippen LogP contribution >= 0.6 is 0 Å². The zero-order valence-corrected chi connectivity index (χ0v) is 22.8. The Morgan fingerprint density at radius 3 is 2.52 bits per heavy atom. The lowest BCUT2D eigenvalue weighted by atomic mass is 9.95. The van der Waals surface area contributed by atoms with Crippen molar-refractivity contribution in [2.45, 2.75) is 33.0 Å². The van der Waals surface area contributed by atoms with Gasteiger partial charge < -0.3 is 39.4 Å². The number of methoxy groups -OCH3 is 2. The number of urea groups is 1. The first kappa shape index (κ1) is 29.8. The van der Waals surface area contributed by atoms with Crippen molar-refractivity contribution in [1.29, 1.82) is 0 Å². The Morgan fingerprint density at radius 2 is 1.85 bits per heavy atom. The molecule has 2 amide bonds. The molecule has 40 heavy (non-hydrogen) atoms. The van der Waals surface area contributed by atoms with Gasteiger partial charge in [0.15, 0.2) is 29.2 Å². The van der Waals surface area contributed by atoms with Gasteiger partial charge in [-0.2, -0.15) is 5.10 Å². The van der Waals surface area contributed by atoms with Gasteiger partial charge in [-0.15, -0.1) is 0 Å². The lowest BCUT2D eigenvalue weighted by molar-refractivity contribution is -0.136. The maximum Gasteiger partial charge on any atom is 0.337 e. The highest BCUT2D eigenvalue weighted by Gasteiger charge is 2.32. The van der Waals surface area contributed by atoms with E-state index in [9.17, 15) is 19.5 Å². The molecule has 2 aromatic rings. The molecule has 13 nitrogen and oxygen atoms in total. The molecule has 3 rings (SSSR count). The Labute approximate surface area is 231 Å². The molecule has 0 saturated heterocycles. The number of benzene rings is 2. The number of carbonyl (C=O) groups excluding carboxylic acids is 3. The lowest BCUT2D eigenvalue weighted by Gasteiger charge is -2.28. The highest BCUT2D eigenvalue weighted by Crippen LogP contribution is 2.35. The van der Waals surface area contributed by atoms with Crippen molar-refractivity contribution >= 4 is 24.2 Å². The van der Waals surface area contributed by atoms with Crippen LogP contribution in [0.3, 0.4) is 0 Å². The number of hydrogen-bond acceptors (Lipinski definition) is 11. The van der Waals surface area contributed by atoms with Crippen LogP contribution in [0, 0.1) is 0 Å². The standard InChI is InChI=1S/C27H32N4O9/c1-6-38-22-12-18(25-24(26(34)37-5)15(2)29-27(35)30-25)8-10-19(22)39-14-23(33)31-28-13-17-7-9-20(40-16(3)32)21(11-17)36-4/h7-13,23,25,31,33H,6,14H2,1-5H3,(H2,29,30,35)/b28-13-/t23-,25+/m1/s1. The summed E-state index contributed by atoms with van der Waals surface area (Å²) in [5.41, 5.74) is 4.40. The number of amides is 2. The second kappa shape index (κ2) is 13.8. The number of rotatable bonds is 12. The average molecular weight is 557 g/mol. The molecule has 0 spiro atoms. The summed E-state index contributed by atoms with van der Waals surface area (Å²) in [6.45, 7) is 4.85. The monoisotopic (exact) mass is 556 g/mol. The van der Waals surface area contributed by atoms with E-state index in [-0.39, 0.29) is 17.9 Å². The highest BCUT2D eigenvalue weighted by molar-refractivity contribution is 5.95. The number of aliphatic hydroxyl groups excluding tert-OH is 1. The summed E-state index contributed by atoms with van der Waals surface area (Å²) in [4.78, 5) is 35.7. The summed E-state index contributed by atoms with van der Waals surface area (Å²) >= 11 is 0. The zero-order chi connectivity index (χ0) is 29.2. The molecule has 0 saturated carbocycles. The van der Waals surface area contributed by atoms with E-state index >= 15 is 0 Å². The molecule has 13 heteroatoms. The fraction of sp³-hybridized carbons (Fsp3) is 0.333. The van der Waals surface area contributed by atoms with Gasteiger partial charge in [0.1, 0.15) is 6.61 Å². The maximum atomic E-state index is 12.4. The van der Waals surface area contributed by atoms with Crippen LogP contribution in [0.4, 0.5) is 4.79 Å². The number of hydrazone groups is 1. The van der Waals surface area contributed by atoms with Crippen LogP contribution < -0.4 is 35.0 Å². The van der Waals surface area contributed by atoms with Crippen LogP contribution in [0.1, 0.15) is 37.9 Å². The minimum atomic E-state index is -1.17. The van der Waals surface area contributed by atoms with Crippen molar-refractivity contribution in [3.05, 3.63) is 58.8 Å². The summed E-state index contributed by atoms with van der Waals surface area (Å²) < 4.78 is 26.6. The third-order valence-corrected chi connectivity index (χ3v) is 5.55. The molecule has 214 valence electrons. The number of hydrogen-bond donors (Lipinski definition) is 4. The molecule has 0 unspecified atom stereocenters. The number of aliphatic hydroxyl groups is 1. The van der Waals surface area contributed by atoms with E-state index in [4.69, 9.17) is 23.7 Å². The van der Waals surface area contributed by atoms with Gasteiger partial charge in [0.05, 0.1) is 38.7 Å². The van der Waals surface area contributed by atoms with E-state index in [1.54, 1.807) is 50.2 Å². The topological polar surface area (TPSA) is 166 Å². The Balaban J connectivity index is 1.68. The molecule has 0 aromatic heterocycles. The largest absolute Gasteiger partial charge is 0.493 e. The molecule has 4 N–H and O–H groups in total. The first-order valence-corrected chi connectivity index (χ1v) is 12.3. The Bertz CT molecular complexity index is 1310. The zero-order valence-electron chi connectivity index (χ0n) is 22.8. The smallest absolute Gasteiger partial charge is 0.337 e. The Hall–Kier alpha value is -4.78. The van der Waals surface area contributed by atoms with Crippen LogP contribution in [0.5, 0.6) is 23.0 Å². The van der Waals surface area contributed by atoms with Gasteiger partial charge in [0.2, 0.25) is 0 Å². The average Bonchev–Trinajstić information content (AvgIpc) is 2.92. The van der Waals surface area contributed by atoms with Gasteiger partial charge >= 0.3 is 18.0 Å². The van der Waals surface area contributed by atoms with Crippen molar-refractivity contribution < 1.29 is 43.2 Å². The fourth-order valence-electron chi connectivity index (χ4n) is 3.82. The molecule has 0 fully saturated rings. The van der Waals surface area contributed by atoms with Gasteiger partial charge in [-0.1, -0.05) is 6.07 Å². The minimum Gasteiger partial charge on any atom is -0.493 e. The van der Waals surface area contributed by atoms with Crippen LogP contribution in [0.25, 0.3) is 0 Å². The fourth-order valence-corrected chi connectivity index (χ4v) is 3.82. The van der Waals surface area contributed by atoms with E-state index in [1.165, 1.54) is 27.4 Å². The van der Waals surface area contributed by atoms with Gasteiger partial charge in [-0.25, -0.2) is 9.59 Å². The number of esters is 2. The van der Waals surface area contributed by atoms with E-state index in [0.717, 1.165) is 0 Å². The van der Waals surface area contributed by atoms with Gasteiger partial charge in [-0.05, 0) is 55.3 Å². The van der Waals surface area contributed by atoms with Crippen LogP contribution in [-0.2, 0) is 14.3 Å². The lowest BCUT2D eigenvalue weighted by Crippen LogP contribution is -2.45. The number of carbonyl (C=O) groups is 3. The predicted molar refractivity (Wildman–Crippen MR) is 143 cm³/mol. The highest BCUT2D eigenvalue weighted by atomic mass is 16.6. The molecule has 0 aliphatic carbocycles. The number of nitrogens with zero attached hydrogens (tertiary/aromatic N) is 1. The van der Waals surface area contributed by atoms with Gasteiger partial charge in [0, 0.05) is 12.6 Å². The van der Waals surface area contributed by atoms with E-state index in [2.05, 4.69) is 21.2 Å². The quantitative estimate of drug-likeness (QED) is 0.100. The van der Waals surface area contributed by atoms with E-state index in [0.29, 0.717) is 40.7 Å². The van der Waals surface area contributed by atoms with Crippen LogP contribution in [-0.4, -0.2) is 63.0 Å². The minimum absolute atomic E-state index is 0.179. The molecule has 1 aliphatic heterocycles.